The smallest absolute Gasteiger partial charge is 0.0737 e. The molecule has 0 N–H and O–H groups in total. The summed E-state index contributed by atoms with van der Waals surface area (Å²) < 4.78 is 0. The van der Waals surface area contributed by atoms with Crippen molar-refractivity contribution in [2.24, 2.45) is 4.99 Å². The van der Waals surface area contributed by atoms with E-state index in [1.807, 2.05) is 19.9 Å². The lowest BCUT2D eigenvalue weighted by molar-refractivity contribution is 0.779. The molecular formula is C13H22ClN. The SMILES string of the molecule is C=C(C)[C@@H](C/C=C(\C)Cl)/N=C(/C)CCC. The van der Waals surface area contributed by atoms with Gasteiger partial charge in [0.05, 0.1) is 6.04 Å². The zero-order valence-corrected chi connectivity index (χ0v) is 11.1. The average Bonchev–Trinajstić information content (AvgIpc) is 2.11. The molecular weight excluding hydrogens is 206 g/mol. The fourth-order valence-electron chi connectivity index (χ4n) is 1.33. The second-order valence-corrected chi connectivity index (χ2v) is 4.60. The molecule has 0 aromatic heterocycles. The minimum absolute atomic E-state index is 0.185. The molecule has 0 aliphatic heterocycles. The Labute approximate surface area is 98.9 Å². The van der Waals surface area contributed by atoms with Crippen molar-refractivity contribution in [3.05, 3.63) is 23.3 Å². The highest BCUT2D eigenvalue weighted by atomic mass is 35.5. The molecule has 0 aliphatic rings. The second kappa shape index (κ2) is 7.70. The van der Waals surface area contributed by atoms with Gasteiger partial charge < -0.3 is 0 Å². The number of aliphatic imine (C=N–C) groups is 1. The highest BCUT2D eigenvalue weighted by Gasteiger charge is 2.06. The maximum absolute atomic E-state index is 5.81. The van der Waals surface area contributed by atoms with Gasteiger partial charge in [0.1, 0.15) is 0 Å². The summed E-state index contributed by atoms with van der Waals surface area (Å²) in [6, 6.07) is 0.185. The Morgan fingerprint density at radius 2 is 2.00 bits per heavy atom. The van der Waals surface area contributed by atoms with E-state index < -0.39 is 0 Å². The first kappa shape index (κ1) is 14.4. The number of hydrogen-bond acceptors (Lipinski definition) is 1. The number of halogens is 1. The van der Waals surface area contributed by atoms with Crippen LogP contribution in [-0.4, -0.2) is 11.8 Å². The Hall–Kier alpha value is -0.560. The number of hydrogen-bond donors (Lipinski definition) is 0. The van der Waals surface area contributed by atoms with Crippen LogP contribution in [0.15, 0.2) is 28.3 Å². The topological polar surface area (TPSA) is 12.4 Å². The van der Waals surface area contributed by atoms with E-state index in [2.05, 4.69) is 25.4 Å². The summed E-state index contributed by atoms with van der Waals surface area (Å²) in [5, 5.41) is 0.824. The lowest BCUT2D eigenvalue weighted by Gasteiger charge is -2.11. The Morgan fingerprint density at radius 1 is 1.40 bits per heavy atom. The quantitative estimate of drug-likeness (QED) is 0.460. The molecule has 0 bridgehead atoms. The Balaban J connectivity index is 4.47. The minimum Gasteiger partial charge on any atom is -0.286 e. The molecule has 0 amide bonds. The number of rotatable bonds is 6. The van der Waals surface area contributed by atoms with E-state index in [4.69, 9.17) is 11.6 Å². The molecule has 2 heteroatoms. The summed E-state index contributed by atoms with van der Waals surface area (Å²) in [5.41, 5.74) is 2.30. The zero-order chi connectivity index (χ0) is 11.8. The molecule has 0 saturated heterocycles. The molecule has 0 radical (unpaired) electrons. The van der Waals surface area contributed by atoms with Crippen LogP contribution in [0, 0.1) is 0 Å². The molecule has 0 heterocycles. The van der Waals surface area contributed by atoms with E-state index >= 15 is 0 Å². The van der Waals surface area contributed by atoms with Crippen LogP contribution in [0.25, 0.3) is 0 Å². The molecule has 0 aliphatic carbocycles. The van der Waals surface area contributed by atoms with Gasteiger partial charge in [-0.3, -0.25) is 4.99 Å². The third-order valence-electron chi connectivity index (χ3n) is 2.18. The molecule has 0 aromatic carbocycles. The van der Waals surface area contributed by atoms with Crippen molar-refractivity contribution in [2.75, 3.05) is 0 Å². The predicted molar refractivity (Wildman–Crippen MR) is 70.8 cm³/mol. The fourth-order valence-corrected chi connectivity index (χ4v) is 1.42. The minimum atomic E-state index is 0.185. The molecule has 15 heavy (non-hydrogen) atoms. The van der Waals surface area contributed by atoms with Gasteiger partial charge in [0.2, 0.25) is 0 Å². The third kappa shape index (κ3) is 7.38. The molecule has 0 unspecified atom stereocenters. The van der Waals surface area contributed by atoms with Crippen LogP contribution < -0.4 is 0 Å². The summed E-state index contributed by atoms with van der Waals surface area (Å²) in [6.45, 7) is 12.1. The predicted octanol–water partition coefficient (Wildman–Crippen LogP) is 4.72. The van der Waals surface area contributed by atoms with Crippen LogP contribution in [0.5, 0.6) is 0 Å². The maximum atomic E-state index is 5.81. The van der Waals surface area contributed by atoms with Crippen molar-refractivity contribution in [2.45, 2.75) is 53.0 Å². The summed E-state index contributed by atoms with van der Waals surface area (Å²) in [7, 11) is 0. The van der Waals surface area contributed by atoms with Gasteiger partial charge in [0, 0.05) is 10.7 Å². The van der Waals surface area contributed by atoms with E-state index in [1.54, 1.807) is 0 Å². The Kier molecular flexibility index (Phi) is 7.41. The zero-order valence-electron chi connectivity index (χ0n) is 10.3. The fraction of sp³-hybridized carbons (Fsp3) is 0.615. The largest absolute Gasteiger partial charge is 0.286 e. The first-order valence-electron chi connectivity index (χ1n) is 5.48. The summed E-state index contributed by atoms with van der Waals surface area (Å²) in [5.74, 6) is 0. The normalized spacial score (nSPS) is 15.3. The maximum Gasteiger partial charge on any atom is 0.0737 e. The number of nitrogens with zero attached hydrogens (tertiary/aromatic N) is 1. The van der Waals surface area contributed by atoms with Gasteiger partial charge in [-0.25, -0.2) is 0 Å². The Bertz CT molecular complexity index is 260. The molecule has 86 valence electrons. The second-order valence-electron chi connectivity index (χ2n) is 4.00. The average molecular weight is 228 g/mol. The lowest BCUT2D eigenvalue weighted by atomic mass is 10.1. The van der Waals surface area contributed by atoms with E-state index in [0.717, 1.165) is 29.9 Å². The van der Waals surface area contributed by atoms with Crippen molar-refractivity contribution >= 4 is 17.3 Å². The van der Waals surface area contributed by atoms with E-state index in [9.17, 15) is 0 Å². The van der Waals surface area contributed by atoms with Crippen molar-refractivity contribution in [3.8, 4) is 0 Å². The van der Waals surface area contributed by atoms with Gasteiger partial charge >= 0.3 is 0 Å². The molecule has 0 aromatic rings. The van der Waals surface area contributed by atoms with Crippen molar-refractivity contribution in [1.82, 2.24) is 0 Å². The van der Waals surface area contributed by atoms with E-state index in [0.29, 0.717) is 0 Å². The molecule has 0 fully saturated rings. The standard InChI is InChI=1S/C13H22ClN/c1-6-7-12(5)15-13(10(2)3)9-8-11(4)14/h8,13H,2,6-7,9H2,1,3-5H3/b11-8+,15-12-/t13-/m1/s1. The summed E-state index contributed by atoms with van der Waals surface area (Å²) >= 11 is 5.81. The van der Waals surface area contributed by atoms with Crippen LogP contribution in [0.3, 0.4) is 0 Å². The van der Waals surface area contributed by atoms with Gasteiger partial charge in [-0.05, 0) is 33.6 Å². The molecule has 1 atom stereocenters. The summed E-state index contributed by atoms with van der Waals surface area (Å²) in [6.07, 6.45) is 5.06. The first-order chi connectivity index (χ1) is 6.97. The van der Waals surface area contributed by atoms with Crippen molar-refractivity contribution in [1.29, 1.82) is 0 Å². The van der Waals surface area contributed by atoms with Gasteiger partial charge in [-0.2, -0.15) is 0 Å². The monoisotopic (exact) mass is 227 g/mol. The number of allylic oxidation sites excluding steroid dienone is 1. The van der Waals surface area contributed by atoms with Crippen LogP contribution in [-0.2, 0) is 0 Å². The van der Waals surface area contributed by atoms with Gasteiger partial charge in [-0.1, -0.05) is 43.2 Å². The molecule has 0 saturated carbocycles. The molecule has 1 nitrogen and oxygen atoms in total. The third-order valence-corrected chi connectivity index (χ3v) is 2.33. The van der Waals surface area contributed by atoms with Crippen molar-refractivity contribution in [3.63, 3.8) is 0 Å². The highest BCUT2D eigenvalue weighted by Crippen LogP contribution is 2.13. The first-order valence-corrected chi connectivity index (χ1v) is 5.86. The van der Waals surface area contributed by atoms with Gasteiger partial charge in [-0.15, -0.1) is 0 Å². The van der Waals surface area contributed by atoms with Crippen LogP contribution in [0.2, 0.25) is 0 Å². The highest BCUT2D eigenvalue weighted by molar-refractivity contribution is 6.29. The van der Waals surface area contributed by atoms with Gasteiger partial charge in [0.15, 0.2) is 0 Å². The van der Waals surface area contributed by atoms with Crippen LogP contribution in [0.4, 0.5) is 0 Å². The Morgan fingerprint density at radius 3 is 2.40 bits per heavy atom. The molecule has 0 spiro atoms. The molecule has 0 rings (SSSR count). The van der Waals surface area contributed by atoms with Crippen molar-refractivity contribution < 1.29 is 0 Å². The van der Waals surface area contributed by atoms with E-state index in [-0.39, 0.29) is 6.04 Å². The lowest BCUT2D eigenvalue weighted by Crippen LogP contribution is -2.07. The van der Waals surface area contributed by atoms with Crippen LogP contribution >= 0.6 is 11.6 Å². The van der Waals surface area contributed by atoms with Crippen LogP contribution in [0.1, 0.15) is 47.0 Å². The van der Waals surface area contributed by atoms with Gasteiger partial charge in [0.25, 0.3) is 0 Å². The van der Waals surface area contributed by atoms with E-state index in [1.165, 1.54) is 5.71 Å². The summed E-state index contributed by atoms with van der Waals surface area (Å²) in [4.78, 5) is 4.65.